The van der Waals surface area contributed by atoms with Gasteiger partial charge in [-0.2, -0.15) is 0 Å². The quantitative estimate of drug-likeness (QED) is 0.165. The van der Waals surface area contributed by atoms with Crippen LogP contribution in [0.1, 0.15) is 169 Å². The van der Waals surface area contributed by atoms with Gasteiger partial charge in [-0.25, -0.2) is 0 Å². The van der Waals surface area contributed by atoms with Crippen molar-refractivity contribution in [3.8, 4) is 0 Å². The van der Waals surface area contributed by atoms with Crippen LogP contribution in [0.3, 0.4) is 0 Å². The van der Waals surface area contributed by atoms with Crippen molar-refractivity contribution in [1.82, 2.24) is 0 Å². The average molecular weight is 1030 g/mol. The fraction of sp³-hybridized carbons (Fsp3) is 0.361. The molecule has 3 aliphatic heterocycles. The largest absolute Gasteiger partial charge is 0.468 e. The molecule has 13 rings (SSSR count). The molecule has 0 radical (unpaired) electrons. The summed E-state index contributed by atoms with van der Waals surface area (Å²) in [6.45, 7) is 39.5. The molecule has 78 heavy (non-hydrogen) atoms. The van der Waals surface area contributed by atoms with Crippen LogP contribution in [0.25, 0.3) is 21.9 Å². The van der Waals surface area contributed by atoms with Crippen molar-refractivity contribution >= 4 is 90.9 Å². The van der Waals surface area contributed by atoms with Crippen molar-refractivity contribution in [1.29, 1.82) is 0 Å². The number of benzene rings is 7. The van der Waals surface area contributed by atoms with Crippen LogP contribution in [0, 0.1) is 0 Å². The first-order valence-electron chi connectivity index (χ1n) is 28.7. The average Bonchev–Trinajstić information content (AvgIpc) is 1.96. The summed E-state index contributed by atoms with van der Waals surface area (Å²) in [5.41, 5.74) is 23.5. The third kappa shape index (κ3) is 7.26. The van der Waals surface area contributed by atoms with E-state index in [1.807, 2.05) is 0 Å². The molecular formula is C72H78BN3O2. The van der Waals surface area contributed by atoms with Crippen molar-refractivity contribution < 1.29 is 8.83 Å². The van der Waals surface area contributed by atoms with Crippen molar-refractivity contribution in [3.63, 3.8) is 0 Å². The molecule has 0 N–H and O–H groups in total. The molecule has 4 aliphatic rings. The molecule has 0 amide bonds. The van der Waals surface area contributed by atoms with E-state index in [1.54, 1.807) is 0 Å². The van der Waals surface area contributed by atoms with Crippen LogP contribution >= 0.6 is 0 Å². The Hall–Kier alpha value is -6.92. The van der Waals surface area contributed by atoms with Crippen molar-refractivity contribution in [3.05, 3.63) is 184 Å². The highest BCUT2D eigenvalue weighted by Gasteiger charge is 2.61. The van der Waals surface area contributed by atoms with Crippen LogP contribution < -0.4 is 31.5 Å². The standard InChI is InChI=1S/C72H78BN3O2/c1-66(2,3)44-22-29-49(30-23-44)74-57-41-51(76-56-33-26-48(70(13,14)15)40-55(56)71(16)37-36-43-20-18-19-21-54(43)72(71,76)17)42-58-61(57)73(64-62(74)52-38-46(68(7,8)9)27-34-59(52)77-64)65-63(53-39-47(69(10,11)12)28-35-60(53)78-65)75(58)50-31-24-45(25-32-50)67(4,5)6/h18-35,38-42H,36-37H2,1-17H3. The van der Waals surface area contributed by atoms with Crippen LogP contribution in [0.15, 0.2) is 148 Å². The van der Waals surface area contributed by atoms with Gasteiger partial charge < -0.3 is 23.5 Å². The molecule has 5 nitrogen and oxygen atoms in total. The molecule has 2 atom stereocenters. The minimum absolute atomic E-state index is 0.0191. The monoisotopic (exact) mass is 1030 g/mol. The maximum absolute atomic E-state index is 7.49. The summed E-state index contributed by atoms with van der Waals surface area (Å²) >= 11 is 0. The summed E-state index contributed by atoms with van der Waals surface area (Å²) in [5, 5.41) is 2.20. The van der Waals surface area contributed by atoms with Gasteiger partial charge in [0, 0.05) is 50.3 Å². The Morgan fingerprint density at radius 2 is 0.846 bits per heavy atom. The van der Waals surface area contributed by atoms with Crippen molar-refractivity contribution in [2.45, 2.75) is 169 Å². The van der Waals surface area contributed by atoms with Gasteiger partial charge >= 0.3 is 6.71 Å². The van der Waals surface area contributed by atoms with E-state index < -0.39 is 5.54 Å². The lowest BCUT2D eigenvalue weighted by molar-refractivity contribution is 0.245. The van der Waals surface area contributed by atoms with Gasteiger partial charge in [0.05, 0.1) is 16.9 Å². The van der Waals surface area contributed by atoms with Crippen LogP contribution in [0.4, 0.5) is 45.5 Å². The molecule has 6 heteroatoms. The molecule has 1 aliphatic carbocycles. The number of fused-ring (bicyclic) bond motifs is 13. The van der Waals surface area contributed by atoms with E-state index in [-0.39, 0.29) is 39.2 Å². The summed E-state index contributed by atoms with van der Waals surface area (Å²) in [4.78, 5) is 7.88. The Labute approximate surface area is 464 Å². The lowest BCUT2D eigenvalue weighted by Gasteiger charge is -2.51. The molecule has 0 saturated heterocycles. The lowest BCUT2D eigenvalue weighted by Crippen LogP contribution is -2.60. The zero-order valence-corrected chi connectivity index (χ0v) is 49.4. The normalized spacial score (nSPS) is 19.0. The molecule has 5 heterocycles. The Morgan fingerprint density at radius 1 is 0.423 bits per heavy atom. The molecule has 2 unspecified atom stereocenters. The predicted molar refractivity (Wildman–Crippen MR) is 332 cm³/mol. The fourth-order valence-corrected chi connectivity index (χ4v) is 14.0. The van der Waals surface area contributed by atoms with E-state index in [2.05, 4.69) is 272 Å². The van der Waals surface area contributed by atoms with Crippen LogP contribution in [-0.2, 0) is 44.4 Å². The van der Waals surface area contributed by atoms with E-state index in [1.165, 1.54) is 55.7 Å². The third-order valence-corrected chi connectivity index (χ3v) is 18.9. The molecule has 2 aromatic heterocycles. The molecule has 396 valence electrons. The molecule has 7 aromatic carbocycles. The molecule has 0 fully saturated rings. The van der Waals surface area contributed by atoms with E-state index in [9.17, 15) is 0 Å². The third-order valence-electron chi connectivity index (χ3n) is 18.9. The van der Waals surface area contributed by atoms with Gasteiger partial charge in [0.15, 0.2) is 0 Å². The first-order valence-corrected chi connectivity index (χ1v) is 28.7. The zero-order valence-electron chi connectivity index (χ0n) is 49.4. The van der Waals surface area contributed by atoms with E-state index in [0.29, 0.717) is 0 Å². The highest BCUT2D eigenvalue weighted by atomic mass is 16.3. The maximum Gasteiger partial charge on any atom is 0.342 e. The Morgan fingerprint density at radius 3 is 1.31 bits per heavy atom. The van der Waals surface area contributed by atoms with Gasteiger partial charge in [-0.15, -0.1) is 0 Å². The predicted octanol–water partition coefficient (Wildman–Crippen LogP) is 18.0. The summed E-state index contributed by atoms with van der Waals surface area (Å²) < 4.78 is 15.0. The fourth-order valence-electron chi connectivity index (χ4n) is 14.0. The first kappa shape index (κ1) is 50.6. The smallest absolute Gasteiger partial charge is 0.342 e. The second-order valence-corrected chi connectivity index (χ2v) is 29.0. The van der Waals surface area contributed by atoms with Crippen LogP contribution in [0.2, 0.25) is 0 Å². The number of anilines is 8. The van der Waals surface area contributed by atoms with E-state index in [0.717, 1.165) is 85.9 Å². The van der Waals surface area contributed by atoms with E-state index in [4.69, 9.17) is 8.83 Å². The van der Waals surface area contributed by atoms with E-state index >= 15 is 0 Å². The second kappa shape index (κ2) is 16.3. The van der Waals surface area contributed by atoms with Gasteiger partial charge in [0.2, 0.25) is 0 Å². The summed E-state index contributed by atoms with van der Waals surface area (Å²) in [5.74, 6) is 0. The number of hydrogen-bond acceptors (Lipinski definition) is 5. The van der Waals surface area contributed by atoms with Crippen LogP contribution in [-0.4, -0.2) is 6.71 Å². The second-order valence-electron chi connectivity index (χ2n) is 29.0. The number of aryl methyl sites for hydroxylation is 1. The molecule has 0 spiro atoms. The van der Waals surface area contributed by atoms with Crippen molar-refractivity contribution in [2.75, 3.05) is 14.7 Å². The number of nitrogens with zero attached hydrogens (tertiary/aromatic N) is 3. The summed E-state index contributed by atoms with van der Waals surface area (Å²) in [6, 6.07) is 54.3. The zero-order chi connectivity index (χ0) is 55.2. The van der Waals surface area contributed by atoms with Gasteiger partial charge in [-0.05, 0) is 164 Å². The summed E-state index contributed by atoms with van der Waals surface area (Å²) in [7, 11) is 0. The highest BCUT2D eigenvalue weighted by Crippen LogP contribution is 2.65. The number of hydrogen-bond donors (Lipinski definition) is 0. The van der Waals surface area contributed by atoms with Crippen molar-refractivity contribution in [2.24, 2.45) is 0 Å². The lowest BCUT2D eigenvalue weighted by atomic mass is 9.37. The Balaban J connectivity index is 1.20. The minimum Gasteiger partial charge on any atom is -0.468 e. The summed E-state index contributed by atoms with van der Waals surface area (Å²) in [6.07, 6.45) is 2.07. The van der Waals surface area contributed by atoms with Crippen LogP contribution in [0.5, 0.6) is 0 Å². The minimum atomic E-state index is -0.451. The van der Waals surface area contributed by atoms with Gasteiger partial charge in [0.25, 0.3) is 0 Å². The first-order chi connectivity index (χ1) is 36.6. The topological polar surface area (TPSA) is 36.0 Å². The molecule has 9 aromatic rings. The molecule has 0 saturated carbocycles. The number of furan rings is 2. The maximum atomic E-state index is 7.49. The Kier molecular flexibility index (Phi) is 10.6. The SMILES string of the molecule is CC(C)(C)c1ccc(N2c3cc(N4c5ccc(C(C)(C)C)cc5C5(C)CCc6ccccc6C45C)cc4c3B(c3oc5ccc(C(C)(C)C)cc5c32)c2oc3ccc(C(C)(C)C)cc3c2N4c2ccc(C(C)(C)C)cc2)cc1. The molecule has 0 bridgehead atoms. The van der Waals surface area contributed by atoms with Gasteiger partial charge in [0.1, 0.15) is 22.5 Å². The Bertz CT molecular complexity index is 3750. The highest BCUT2D eigenvalue weighted by molar-refractivity contribution is 6.99. The molecular weight excluding hydrogens is 950 g/mol. The van der Waals surface area contributed by atoms with Gasteiger partial charge in [-0.3, -0.25) is 0 Å². The van der Waals surface area contributed by atoms with Gasteiger partial charge in [-0.1, -0.05) is 184 Å². The number of rotatable bonds is 3.